The van der Waals surface area contributed by atoms with Gasteiger partial charge in [-0.3, -0.25) is 0 Å². The molecule has 0 fully saturated rings. The second-order valence-corrected chi connectivity index (χ2v) is 7.88. The number of thiophene rings is 1. The zero-order valence-electron chi connectivity index (χ0n) is 11.1. The molecule has 0 radical (unpaired) electrons. The monoisotopic (exact) mass is 440 g/mol. The van der Waals surface area contributed by atoms with Gasteiger partial charge >= 0.3 is 0 Å². The molecule has 1 heterocycles. The lowest BCUT2D eigenvalue weighted by atomic mass is 9.99. The fourth-order valence-corrected chi connectivity index (χ4v) is 4.32. The maximum atomic E-state index is 6.33. The fraction of sp³-hybridized carbons (Fsp3) is 0. The molecule has 2 aromatic carbocycles. The van der Waals surface area contributed by atoms with Gasteiger partial charge in [-0.05, 0) is 35.0 Å². The number of hydrogen-bond donors (Lipinski definition) is 0. The largest absolute Gasteiger partial charge is 0.151 e. The average molecular weight is 443 g/mol. The molecule has 0 aliphatic rings. The summed E-state index contributed by atoms with van der Waals surface area (Å²) in [5.74, 6) is 0. The summed E-state index contributed by atoms with van der Waals surface area (Å²) in [6, 6.07) is 6.73. The molecule has 0 saturated carbocycles. The van der Waals surface area contributed by atoms with E-state index in [4.69, 9.17) is 69.6 Å². The Kier molecular flexibility index (Phi) is 5.40. The van der Waals surface area contributed by atoms with Crippen LogP contribution in [0.1, 0.15) is 0 Å². The lowest BCUT2D eigenvalue weighted by Crippen LogP contribution is -1.85. The molecule has 118 valence electrons. The standard InChI is InChI=1S/C16H6Cl6S/c17-11-3-15(21)13(19)1-7(11)9-5-23-6-10(9)8-2-14(20)16(22)4-12(8)18/h1-6H. The topological polar surface area (TPSA) is 0 Å². The Bertz CT molecular complexity index is 828. The first-order valence-corrected chi connectivity index (χ1v) is 9.45. The number of rotatable bonds is 2. The van der Waals surface area contributed by atoms with Gasteiger partial charge in [0.15, 0.2) is 0 Å². The predicted molar refractivity (Wildman–Crippen MR) is 105 cm³/mol. The van der Waals surface area contributed by atoms with E-state index in [0.717, 1.165) is 22.3 Å². The van der Waals surface area contributed by atoms with Crippen molar-refractivity contribution in [3.05, 3.63) is 65.2 Å². The third kappa shape index (κ3) is 3.48. The molecule has 0 N–H and O–H groups in total. The van der Waals surface area contributed by atoms with Crippen molar-refractivity contribution in [2.75, 3.05) is 0 Å². The van der Waals surface area contributed by atoms with E-state index < -0.39 is 0 Å². The van der Waals surface area contributed by atoms with Crippen molar-refractivity contribution in [1.82, 2.24) is 0 Å². The number of halogens is 6. The van der Waals surface area contributed by atoms with Crippen molar-refractivity contribution in [2.24, 2.45) is 0 Å². The van der Waals surface area contributed by atoms with Crippen LogP contribution in [0.3, 0.4) is 0 Å². The minimum atomic E-state index is 0.407. The van der Waals surface area contributed by atoms with E-state index in [1.54, 1.807) is 24.3 Å². The number of hydrogen-bond acceptors (Lipinski definition) is 1. The normalized spacial score (nSPS) is 11.0. The lowest BCUT2D eigenvalue weighted by Gasteiger charge is -2.11. The molecule has 0 nitrogen and oxygen atoms in total. The van der Waals surface area contributed by atoms with Crippen LogP contribution >= 0.6 is 80.9 Å². The first-order valence-electron chi connectivity index (χ1n) is 6.24. The molecule has 1 aromatic heterocycles. The molecule has 0 amide bonds. The highest BCUT2D eigenvalue weighted by Crippen LogP contribution is 2.44. The quantitative estimate of drug-likeness (QED) is 0.347. The average Bonchev–Trinajstić information content (AvgIpc) is 2.95. The Morgan fingerprint density at radius 1 is 0.435 bits per heavy atom. The van der Waals surface area contributed by atoms with Gasteiger partial charge in [0.05, 0.1) is 30.1 Å². The Hall–Kier alpha value is -0.120. The molecule has 3 rings (SSSR count). The van der Waals surface area contributed by atoms with Gasteiger partial charge < -0.3 is 0 Å². The summed E-state index contributed by atoms with van der Waals surface area (Å²) in [6.07, 6.45) is 0. The van der Waals surface area contributed by atoms with E-state index >= 15 is 0 Å². The summed E-state index contributed by atoms with van der Waals surface area (Å²) in [7, 11) is 0. The highest BCUT2D eigenvalue weighted by molar-refractivity contribution is 7.08. The molecule has 0 saturated heterocycles. The number of benzene rings is 2. The molecule has 0 bridgehead atoms. The maximum Gasteiger partial charge on any atom is 0.0607 e. The van der Waals surface area contributed by atoms with Crippen molar-refractivity contribution < 1.29 is 0 Å². The van der Waals surface area contributed by atoms with Crippen LogP contribution in [-0.2, 0) is 0 Å². The molecule has 23 heavy (non-hydrogen) atoms. The first-order chi connectivity index (χ1) is 10.9. The van der Waals surface area contributed by atoms with Crippen LogP contribution in [0.4, 0.5) is 0 Å². The smallest absolute Gasteiger partial charge is 0.0607 e. The van der Waals surface area contributed by atoms with Gasteiger partial charge in [0.25, 0.3) is 0 Å². The molecule has 7 heteroatoms. The van der Waals surface area contributed by atoms with Crippen molar-refractivity contribution in [1.29, 1.82) is 0 Å². The van der Waals surface area contributed by atoms with E-state index in [9.17, 15) is 0 Å². The van der Waals surface area contributed by atoms with Crippen LogP contribution < -0.4 is 0 Å². The van der Waals surface area contributed by atoms with Crippen molar-refractivity contribution in [3.63, 3.8) is 0 Å². The first kappa shape index (κ1) is 17.7. The Labute approximate surface area is 167 Å². The summed E-state index contributed by atoms with van der Waals surface area (Å²) < 4.78 is 0. The van der Waals surface area contributed by atoms with Crippen molar-refractivity contribution in [3.8, 4) is 22.3 Å². The minimum absolute atomic E-state index is 0.407. The molecule has 0 atom stereocenters. The third-order valence-corrected chi connectivity index (χ3v) is 6.08. The van der Waals surface area contributed by atoms with Gasteiger partial charge in [0, 0.05) is 22.3 Å². The van der Waals surface area contributed by atoms with E-state index in [-0.39, 0.29) is 0 Å². The van der Waals surface area contributed by atoms with Gasteiger partial charge in [0.2, 0.25) is 0 Å². The van der Waals surface area contributed by atoms with E-state index in [1.807, 2.05) is 10.8 Å². The molecule has 0 unspecified atom stereocenters. The summed E-state index contributed by atoms with van der Waals surface area (Å²) in [4.78, 5) is 0. The highest BCUT2D eigenvalue weighted by atomic mass is 35.5. The molecule has 3 aromatic rings. The van der Waals surface area contributed by atoms with Crippen LogP contribution in [0.25, 0.3) is 22.3 Å². The molecule has 0 aliphatic carbocycles. The Morgan fingerprint density at radius 2 is 0.783 bits per heavy atom. The zero-order chi connectivity index (χ0) is 16.7. The van der Waals surface area contributed by atoms with Crippen molar-refractivity contribution in [2.45, 2.75) is 0 Å². The lowest BCUT2D eigenvalue weighted by molar-refractivity contribution is 1.63. The van der Waals surface area contributed by atoms with Crippen LogP contribution in [-0.4, -0.2) is 0 Å². The van der Waals surface area contributed by atoms with Crippen LogP contribution in [0.2, 0.25) is 30.1 Å². The minimum Gasteiger partial charge on any atom is -0.151 e. The molecular weight excluding hydrogens is 437 g/mol. The second-order valence-electron chi connectivity index (χ2n) is 4.69. The fourth-order valence-electron chi connectivity index (χ4n) is 2.17. The third-order valence-electron chi connectivity index (χ3n) is 3.26. The zero-order valence-corrected chi connectivity index (χ0v) is 16.5. The Morgan fingerprint density at radius 3 is 1.17 bits per heavy atom. The summed E-state index contributed by atoms with van der Waals surface area (Å²) >= 11 is 38.4. The highest BCUT2D eigenvalue weighted by Gasteiger charge is 2.17. The van der Waals surface area contributed by atoms with Crippen molar-refractivity contribution >= 4 is 80.9 Å². The summed E-state index contributed by atoms with van der Waals surface area (Å²) in [5, 5.41) is 6.64. The van der Waals surface area contributed by atoms with Gasteiger partial charge in [-0.2, -0.15) is 11.3 Å². The summed E-state index contributed by atoms with van der Waals surface area (Å²) in [5.41, 5.74) is 3.36. The van der Waals surface area contributed by atoms with Crippen LogP contribution in [0.5, 0.6) is 0 Å². The molecule has 0 spiro atoms. The summed E-state index contributed by atoms with van der Waals surface area (Å²) in [6.45, 7) is 0. The molecule has 0 aliphatic heterocycles. The predicted octanol–water partition coefficient (Wildman–Crippen LogP) is 9.00. The van der Waals surface area contributed by atoms with Crippen LogP contribution in [0, 0.1) is 0 Å². The van der Waals surface area contributed by atoms with E-state index in [1.165, 1.54) is 11.3 Å². The van der Waals surface area contributed by atoms with Gasteiger partial charge in [-0.1, -0.05) is 69.6 Å². The van der Waals surface area contributed by atoms with Gasteiger partial charge in [-0.25, -0.2) is 0 Å². The second kappa shape index (κ2) is 7.01. The maximum absolute atomic E-state index is 6.33. The van der Waals surface area contributed by atoms with E-state index in [2.05, 4.69) is 0 Å². The van der Waals surface area contributed by atoms with Gasteiger partial charge in [0.1, 0.15) is 0 Å². The van der Waals surface area contributed by atoms with Crippen LogP contribution in [0.15, 0.2) is 35.0 Å². The molecular formula is C16H6Cl6S. The van der Waals surface area contributed by atoms with E-state index in [0.29, 0.717) is 30.1 Å². The van der Waals surface area contributed by atoms with Gasteiger partial charge in [-0.15, -0.1) is 0 Å². The SMILES string of the molecule is Clc1cc(Cl)c(-c2cscc2-c2cc(Cl)c(Cl)cc2Cl)cc1Cl. The Balaban J connectivity index is 2.22.